The van der Waals surface area contributed by atoms with E-state index in [9.17, 15) is 4.79 Å². The van der Waals surface area contributed by atoms with Crippen molar-refractivity contribution in [3.8, 4) is 11.3 Å². The maximum Gasteiger partial charge on any atom is 0.219 e. The van der Waals surface area contributed by atoms with Crippen LogP contribution in [0.5, 0.6) is 0 Å². The lowest BCUT2D eigenvalue weighted by Crippen LogP contribution is -2.34. The number of hydrogen-bond acceptors (Lipinski definition) is 3. The van der Waals surface area contributed by atoms with Crippen molar-refractivity contribution < 1.29 is 4.79 Å². The molecule has 0 spiro atoms. The highest BCUT2D eigenvalue weighted by Crippen LogP contribution is 2.27. The van der Waals surface area contributed by atoms with Crippen molar-refractivity contribution >= 4 is 5.91 Å². The molecule has 5 nitrogen and oxygen atoms in total. The van der Waals surface area contributed by atoms with Gasteiger partial charge in [-0.3, -0.25) is 14.9 Å². The van der Waals surface area contributed by atoms with E-state index in [0.29, 0.717) is 6.54 Å². The monoisotopic (exact) mass is 242 g/mol. The fraction of sp³-hybridized carbons (Fsp3) is 0.308. The number of nitrogens with one attached hydrogen (secondary N) is 1. The van der Waals surface area contributed by atoms with Crippen LogP contribution in [0.3, 0.4) is 0 Å². The summed E-state index contributed by atoms with van der Waals surface area (Å²) in [6.07, 6.45) is 4.34. The van der Waals surface area contributed by atoms with Crippen LogP contribution in [-0.2, 0) is 17.8 Å². The molecule has 1 N–H and O–H groups in total. The van der Waals surface area contributed by atoms with Gasteiger partial charge in [0.15, 0.2) is 0 Å². The highest BCUT2D eigenvalue weighted by Gasteiger charge is 2.23. The molecule has 3 heterocycles. The summed E-state index contributed by atoms with van der Waals surface area (Å²) >= 11 is 0. The minimum Gasteiger partial charge on any atom is -0.338 e. The average molecular weight is 242 g/mol. The maximum absolute atomic E-state index is 11.5. The second-order valence-corrected chi connectivity index (χ2v) is 4.46. The van der Waals surface area contributed by atoms with Gasteiger partial charge in [0.1, 0.15) is 0 Å². The van der Waals surface area contributed by atoms with Gasteiger partial charge in [0.05, 0.1) is 5.69 Å². The van der Waals surface area contributed by atoms with Crippen LogP contribution in [-0.4, -0.2) is 32.5 Å². The number of fused-ring (bicyclic) bond motifs is 1. The summed E-state index contributed by atoms with van der Waals surface area (Å²) < 4.78 is 0. The largest absolute Gasteiger partial charge is 0.338 e. The van der Waals surface area contributed by atoms with Gasteiger partial charge in [0, 0.05) is 55.6 Å². The summed E-state index contributed by atoms with van der Waals surface area (Å²) in [7, 11) is 0. The Bertz CT molecular complexity index is 576. The van der Waals surface area contributed by atoms with E-state index in [-0.39, 0.29) is 5.91 Å². The van der Waals surface area contributed by atoms with Crippen molar-refractivity contribution in [1.29, 1.82) is 0 Å². The summed E-state index contributed by atoms with van der Waals surface area (Å²) in [5, 5.41) is 7.45. The van der Waals surface area contributed by atoms with Gasteiger partial charge in [0.2, 0.25) is 5.91 Å². The number of pyridine rings is 1. The third-order valence-corrected chi connectivity index (χ3v) is 3.33. The molecular weight excluding hydrogens is 228 g/mol. The van der Waals surface area contributed by atoms with E-state index in [1.165, 1.54) is 0 Å². The smallest absolute Gasteiger partial charge is 0.219 e. The SMILES string of the molecule is CC(=O)N1CCc2[nH]nc(-c3ccncc3)c2C1. The minimum atomic E-state index is 0.113. The number of rotatable bonds is 1. The van der Waals surface area contributed by atoms with Crippen molar-refractivity contribution in [2.75, 3.05) is 6.54 Å². The molecule has 1 aliphatic rings. The molecule has 3 rings (SSSR count). The normalized spacial score (nSPS) is 14.4. The number of aromatic nitrogens is 3. The van der Waals surface area contributed by atoms with Crippen LogP contribution >= 0.6 is 0 Å². The number of aromatic amines is 1. The molecule has 0 saturated carbocycles. The molecule has 0 aromatic carbocycles. The van der Waals surface area contributed by atoms with Crippen molar-refractivity contribution in [2.45, 2.75) is 19.9 Å². The molecule has 0 bridgehead atoms. The van der Waals surface area contributed by atoms with Gasteiger partial charge in [-0.15, -0.1) is 0 Å². The predicted octanol–water partition coefficient (Wildman–Crippen LogP) is 1.38. The summed E-state index contributed by atoms with van der Waals surface area (Å²) in [5.74, 6) is 0.113. The van der Waals surface area contributed by atoms with Crippen LogP contribution in [0, 0.1) is 0 Å². The van der Waals surface area contributed by atoms with Crippen LogP contribution in [0.4, 0.5) is 0 Å². The van der Waals surface area contributed by atoms with Gasteiger partial charge in [0.25, 0.3) is 0 Å². The van der Waals surface area contributed by atoms with Crippen LogP contribution in [0.25, 0.3) is 11.3 Å². The van der Waals surface area contributed by atoms with E-state index >= 15 is 0 Å². The van der Waals surface area contributed by atoms with E-state index < -0.39 is 0 Å². The molecule has 2 aromatic rings. The molecule has 0 fully saturated rings. The highest BCUT2D eigenvalue weighted by atomic mass is 16.2. The molecule has 2 aromatic heterocycles. The summed E-state index contributed by atoms with van der Waals surface area (Å²) in [5.41, 5.74) is 4.23. The zero-order valence-corrected chi connectivity index (χ0v) is 10.2. The molecule has 0 atom stereocenters. The Morgan fingerprint density at radius 3 is 2.89 bits per heavy atom. The fourth-order valence-electron chi connectivity index (χ4n) is 2.31. The number of amides is 1. The predicted molar refractivity (Wildman–Crippen MR) is 66.6 cm³/mol. The highest BCUT2D eigenvalue weighted by molar-refractivity contribution is 5.74. The second kappa shape index (κ2) is 4.25. The van der Waals surface area contributed by atoms with Crippen molar-refractivity contribution in [1.82, 2.24) is 20.1 Å². The number of nitrogens with zero attached hydrogens (tertiary/aromatic N) is 3. The molecule has 92 valence electrons. The Hall–Kier alpha value is -2.17. The van der Waals surface area contributed by atoms with Crippen LogP contribution < -0.4 is 0 Å². The summed E-state index contributed by atoms with van der Waals surface area (Å²) in [4.78, 5) is 17.3. The fourth-order valence-corrected chi connectivity index (χ4v) is 2.31. The van der Waals surface area contributed by atoms with Gasteiger partial charge < -0.3 is 4.90 Å². The van der Waals surface area contributed by atoms with Gasteiger partial charge in [-0.05, 0) is 12.1 Å². The van der Waals surface area contributed by atoms with Crippen LogP contribution in [0.15, 0.2) is 24.5 Å². The van der Waals surface area contributed by atoms with E-state index in [2.05, 4.69) is 15.2 Å². The topological polar surface area (TPSA) is 61.9 Å². The van der Waals surface area contributed by atoms with E-state index in [4.69, 9.17) is 0 Å². The first-order valence-electron chi connectivity index (χ1n) is 5.97. The summed E-state index contributed by atoms with van der Waals surface area (Å²) in [6.45, 7) is 3.01. The minimum absolute atomic E-state index is 0.113. The molecule has 0 aliphatic carbocycles. The Labute approximate surface area is 105 Å². The van der Waals surface area contributed by atoms with Gasteiger partial charge >= 0.3 is 0 Å². The van der Waals surface area contributed by atoms with Gasteiger partial charge in [-0.1, -0.05) is 0 Å². The standard InChI is InChI=1S/C13H14N4O/c1-9(18)17-7-4-12-11(8-17)13(16-15-12)10-2-5-14-6-3-10/h2-3,5-6H,4,7-8H2,1H3,(H,15,16). The van der Waals surface area contributed by atoms with E-state index in [1.54, 1.807) is 19.3 Å². The molecule has 1 aliphatic heterocycles. The van der Waals surface area contributed by atoms with Crippen molar-refractivity contribution in [3.63, 3.8) is 0 Å². The average Bonchev–Trinajstić information content (AvgIpc) is 2.82. The van der Waals surface area contributed by atoms with Crippen LogP contribution in [0.2, 0.25) is 0 Å². The molecule has 1 amide bonds. The zero-order valence-electron chi connectivity index (χ0n) is 10.2. The number of hydrogen-bond donors (Lipinski definition) is 1. The number of carbonyl (C=O) groups is 1. The second-order valence-electron chi connectivity index (χ2n) is 4.46. The van der Waals surface area contributed by atoms with Gasteiger partial charge in [-0.25, -0.2) is 0 Å². The third-order valence-electron chi connectivity index (χ3n) is 3.33. The van der Waals surface area contributed by atoms with Crippen molar-refractivity contribution in [2.24, 2.45) is 0 Å². The quantitative estimate of drug-likeness (QED) is 0.821. The molecule has 0 saturated heterocycles. The summed E-state index contributed by atoms with van der Waals surface area (Å²) in [6, 6.07) is 3.87. The van der Waals surface area contributed by atoms with Crippen LogP contribution in [0.1, 0.15) is 18.2 Å². The molecule has 0 unspecified atom stereocenters. The first kappa shape index (κ1) is 11.0. The Balaban J connectivity index is 2.00. The first-order valence-corrected chi connectivity index (χ1v) is 5.97. The number of carbonyl (C=O) groups excluding carboxylic acids is 1. The Kier molecular flexibility index (Phi) is 2.59. The molecule has 0 radical (unpaired) electrons. The van der Waals surface area contributed by atoms with E-state index in [0.717, 1.165) is 35.5 Å². The molecule has 18 heavy (non-hydrogen) atoms. The molecular formula is C13H14N4O. The van der Waals surface area contributed by atoms with E-state index in [1.807, 2.05) is 17.0 Å². The maximum atomic E-state index is 11.5. The first-order chi connectivity index (χ1) is 8.75. The number of H-pyrrole nitrogens is 1. The molecule has 5 heteroatoms. The Morgan fingerprint density at radius 2 is 2.17 bits per heavy atom. The Morgan fingerprint density at radius 1 is 1.39 bits per heavy atom. The van der Waals surface area contributed by atoms with Gasteiger partial charge in [-0.2, -0.15) is 5.10 Å². The third kappa shape index (κ3) is 1.77. The van der Waals surface area contributed by atoms with Crippen molar-refractivity contribution in [3.05, 3.63) is 35.8 Å². The zero-order chi connectivity index (χ0) is 12.5. The lowest BCUT2D eigenvalue weighted by atomic mass is 10.0. The lowest BCUT2D eigenvalue weighted by molar-refractivity contribution is -0.129. The lowest BCUT2D eigenvalue weighted by Gasteiger charge is -2.25.